The molecule has 0 spiro atoms. The van der Waals surface area contributed by atoms with Crippen molar-refractivity contribution >= 4 is 26.8 Å². The van der Waals surface area contributed by atoms with E-state index in [1.54, 1.807) is 24.3 Å². The molecular weight excluding hydrogens is 371 g/mol. The summed E-state index contributed by atoms with van der Waals surface area (Å²) in [6.07, 6.45) is -3.07. The minimum Gasteiger partial charge on any atom is -0.332 e. The number of likely N-dealkylation sites (tertiary alicyclic amines) is 1. The summed E-state index contributed by atoms with van der Waals surface area (Å²) in [4.78, 5) is 16.9. The molecule has 0 aliphatic carbocycles. The van der Waals surface area contributed by atoms with E-state index in [1.165, 1.54) is 19.3 Å². The molecule has 1 saturated heterocycles. The van der Waals surface area contributed by atoms with Crippen LogP contribution in [0.3, 0.4) is 0 Å². The number of halogens is 3. The Morgan fingerprint density at radius 2 is 1.96 bits per heavy atom. The van der Waals surface area contributed by atoms with Crippen molar-refractivity contribution in [3.05, 3.63) is 36.5 Å². The van der Waals surface area contributed by atoms with Gasteiger partial charge >= 0.3 is 6.18 Å². The van der Waals surface area contributed by atoms with Gasteiger partial charge in [-0.2, -0.15) is 17.5 Å². The lowest BCUT2D eigenvalue weighted by atomic mass is 10.2. The lowest BCUT2D eigenvalue weighted by molar-refractivity contribution is -0.158. The van der Waals surface area contributed by atoms with Crippen LogP contribution in [-0.2, 0) is 14.8 Å². The number of likely N-dealkylation sites (N-methyl/N-ethyl adjacent to an activating group) is 1. The van der Waals surface area contributed by atoms with Crippen molar-refractivity contribution < 1.29 is 26.4 Å². The number of hydrogen-bond acceptors (Lipinski definition) is 4. The van der Waals surface area contributed by atoms with Crippen molar-refractivity contribution in [1.29, 1.82) is 0 Å². The molecule has 0 radical (unpaired) electrons. The van der Waals surface area contributed by atoms with Crippen molar-refractivity contribution in [2.24, 2.45) is 0 Å². The molecular formula is C16H16F3N3O3S. The third-order valence-corrected chi connectivity index (χ3v) is 6.23. The first kappa shape index (κ1) is 18.6. The second kappa shape index (κ2) is 6.51. The zero-order chi connectivity index (χ0) is 19.1. The lowest BCUT2D eigenvalue weighted by Gasteiger charge is -2.24. The summed E-state index contributed by atoms with van der Waals surface area (Å²) < 4.78 is 64.4. The molecule has 0 N–H and O–H groups in total. The molecule has 1 unspecified atom stereocenters. The molecule has 1 aromatic carbocycles. The SMILES string of the molecule is CN(C1CCN(CC(F)(F)F)C1=O)S(=O)(=O)c1cccc2cccnc12. The molecule has 2 aromatic rings. The number of hydrogen-bond donors (Lipinski definition) is 0. The summed E-state index contributed by atoms with van der Waals surface area (Å²) in [5, 5.41) is 0.610. The highest BCUT2D eigenvalue weighted by Gasteiger charge is 2.43. The molecule has 1 fully saturated rings. The highest BCUT2D eigenvalue weighted by atomic mass is 32.2. The molecule has 26 heavy (non-hydrogen) atoms. The summed E-state index contributed by atoms with van der Waals surface area (Å²) in [5.41, 5.74) is 0.249. The maximum atomic E-state index is 13.0. The predicted molar refractivity (Wildman–Crippen MR) is 87.7 cm³/mol. The van der Waals surface area contributed by atoms with Crippen LogP contribution in [0.25, 0.3) is 10.9 Å². The maximum absolute atomic E-state index is 13.0. The van der Waals surface area contributed by atoms with E-state index in [0.29, 0.717) is 10.3 Å². The number of aromatic nitrogens is 1. The van der Waals surface area contributed by atoms with Gasteiger partial charge < -0.3 is 4.90 Å². The Labute approximate surface area is 148 Å². The standard InChI is InChI=1S/C16H16F3N3O3S/c1-21(12-7-9-22(15(12)23)10-16(17,18)19)26(24,25)13-6-2-4-11-5-3-8-20-14(11)13/h2-6,8,12H,7,9-10H2,1H3. The fourth-order valence-corrected chi connectivity index (χ4v) is 4.55. The van der Waals surface area contributed by atoms with E-state index in [0.717, 1.165) is 4.31 Å². The highest BCUT2D eigenvalue weighted by molar-refractivity contribution is 7.89. The number of rotatable bonds is 4. The van der Waals surface area contributed by atoms with Crippen molar-refractivity contribution in [2.45, 2.75) is 23.5 Å². The number of benzene rings is 1. The van der Waals surface area contributed by atoms with E-state index in [1.807, 2.05) is 0 Å². The summed E-state index contributed by atoms with van der Waals surface area (Å²) in [5.74, 6) is -0.846. The highest BCUT2D eigenvalue weighted by Crippen LogP contribution is 2.28. The van der Waals surface area contributed by atoms with Gasteiger partial charge in [-0.05, 0) is 18.6 Å². The molecule has 1 atom stereocenters. The molecule has 6 nitrogen and oxygen atoms in total. The topological polar surface area (TPSA) is 70.6 Å². The second-order valence-electron chi connectivity index (χ2n) is 6.03. The van der Waals surface area contributed by atoms with Crippen molar-refractivity contribution in [2.75, 3.05) is 20.1 Å². The molecule has 10 heteroatoms. The summed E-state index contributed by atoms with van der Waals surface area (Å²) in [7, 11) is -2.90. The first-order chi connectivity index (χ1) is 12.1. The number of amides is 1. The van der Waals surface area contributed by atoms with Gasteiger partial charge in [-0.15, -0.1) is 0 Å². The van der Waals surface area contributed by atoms with Gasteiger partial charge in [-0.3, -0.25) is 9.78 Å². The van der Waals surface area contributed by atoms with E-state index in [4.69, 9.17) is 0 Å². The summed E-state index contributed by atoms with van der Waals surface area (Å²) in [6.45, 7) is -1.53. The van der Waals surface area contributed by atoms with E-state index in [2.05, 4.69) is 4.98 Å². The maximum Gasteiger partial charge on any atom is 0.406 e. The minimum absolute atomic E-state index is 0.00282. The van der Waals surface area contributed by atoms with E-state index in [-0.39, 0.29) is 23.4 Å². The Hall–Kier alpha value is -2.20. The van der Waals surface area contributed by atoms with Crippen molar-refractivity contribution in [3.8, 4) is 0 Å². The zero-order valence-electron chi connectivity index (χ0n) is 13.8. The number of para-hydroxylation sites is 1. The molecule has 1 aliphatic rings. The van der Waals surface area contributed by atoms with Gasteiger partial charge in [0, 0.05) is 25.2 Å². The molecule has 0 bridgehead atoms. The second-order valence-corrected chi connectivity index (χ2v) is 8.00. The Balaban J connectivity index is 1.92. The van der Waals surface area contributed by atoms with Gasteiger partial charge in [0.2, 0.25) is 15.9 Å². The van der Waals surface area contributed by atoms with E-state index < -0.39 is 34.7 Å². The largest absolute Gasteiger partial charge is 0.406 e. The van der Waals surface area contributed by atoms with Crippen molar-refractivity contribution in [3.63, 3.8) is 0 Å². The van der Waals surface area contributed by atoms with Gasteiger partial charge in [0.1, 0.15) is 17.5 Å². The van der Waals surface area contributed by atoms with Crippen LogP contribution in [0.15, 0.2) is 41.4 Å². The molecule has 0 saturated carbocycles. The Morgan fingerprint density at radius 3 is 2.65 bits per heavy atom. The van der Waals surface area contributed by atoms with Gasteiger partial charge in [-0.25, -0.2) is 8.42 Å². The minimum atomic E-state index is -4.53. The van der Waals surface area contributed by atoms with E-state index in [9.17, 15) is 26.4 Å². The van der Waals surface area contributed by atoms with Crippen LogP contribution in [0.2, 0.25) is 0 Å². The fraction of sp³-hybridized carbons (Fsp3) is 0.375. The predicted octanol–water partition coefficient (Wildman–Crippen LogP) is 2.02. The number of pyridine rings is 1. The Morgan fingerprint density at radius 1 is 1.27 bits per heavy atom. The van der Waals surface area contributed by atoms with Crippen LogP contribution in [0.1, 0.15) is 6.42 Å². The van der Waals surface area contributed by atoms with Gasteiger partial charge in [-0.1, -0.05) is 18.2 Å². The van der Waals surface area contributed by atoms with Gasteiger partial charge in [0.25, 0.3) is 0 Å². The number of carbonyl (C=O) groups is 1. The third-order valence-electron chi connectivity index (χ3n) is 4.33. The van der Waals surface area contributed by atoms with Crippen molar-refractivity contribution in [1.82, 2.24) is 14.2 Å². The third kappa shape index (κ3) is 3.38. The number of nitrogens with zero attached hydrogens (tertiary/aromatic N) is 3. The fourth-order valence-electron chi connectivity index (χ4n) is 3.04. The van der Waals surface area contributed by atoms with Crippen LogP contribution >= 0.6 is 0 Å². The van der Waals surface area contributed by atoms with Gasteiger partial charge in [0.05, 0.1) is 5.52 Å². The molecule has 1 amide bonds. The smallest absolute Gasteiger partial charge is 0.332 e. The summed E-state index contributed by atoms with van der Waals surface area (Å²) >= 11 is 0. The molecule has 3 rings (SSSR count). The molecule has 1 aliphatic heterocycles. The average Bonchev–Trinajstić information content (AvgIpc) is 2.92. The Bertz CT molecular complexity index is 941. The summed E-state index contributed by atoms with van der Waals surface area (Å²) in [6, 6.07) is 6.82. The van der Waals surface area contributed by atoms with E-state index >= 15 is 0 Å². The van der Waals surface area contributed by atoms with Crippen LogP contribution in [0, 0.1) is 0 Å². The van der Waals surface area contributed by atoms with Crippen LogP contribution in [0.5, 0.6) is 0 Å². The normalized spacial score (nSPS) is 18.9. The number of fused-ring (bicyclic) bond motifs is 1. The van der Waals surface area contributed by atoms with Crippen LogP contribution in [0.4, 0.5) is 13.2 Å². The average molecular weight is 387 g/mol. The Kier molecular flexibility index (Phi) is 4.65. The quantitative estimate of drug-likeness (QED) is 0.805. The first-order valence-electron chi connectivity index (χ1n) is 7.78. The lowest BCUT2D eigenvalue weighted by Crippen LogP contribution is -2.44. The number of carbonyl (C=O) groups excluding carboxylic acids is 1. The number of alkyl halides is 3. The van der Waals surface area contributed by atoms with Gasteiger partial charge in [0.15, 0.2) is 0 Å². The monoisotopic (exact) mass is 387 g/mol. The first-order valence-corrected chi connectivity index (χ1v) is 9.22. The molecule has 2 heterocycles. The number of sulfonamides is 1. The van der Waals surface area contributed by atoms with Crippen LogP contribution < -0.4 is 0 Å². The zero-order valence-corrected chi connectivity index (χ0v) is 14.6. The molecule has 140 valence electrons. The van der Waals surface area contributed by atoms with Crippen LogP contribution in [-0.4, -0.2) is 60.9 Å². The molecule has 1 aromatic heterocycles.